The van der Waals surface area contributed by atoms with Crippen molar-refractivity contribution in [3.63, 3.8) is 0 Å². The third-order valence-electron chi connectivity index (χ3n) is 4.22. The van der Waals surface area contributed by atoms with E-state index in [2.05, 4.69) is 26.2 Å². The molecule has 134 valence electrons. The Morgan fingerprint density at radius 3 is 3.00 bits per heavy atom. The van der Waals surface area contributed by atoms with E-state index in [1.807, 2.05) is 41.4 Å². The van der Waals surface area contributed by atoms with Gasteiger partial charge in [-0.05, 0) is 29.8 Å². The molecule has 1 unspecified atom stereocenters. The first-order valence-corrected chi connectivity index (χ1v) is 8.71. The predicted molar refractivity (Wildman–Crippen MR) is 103 cm³/mol. The maximum atomic E-state index is 12.9. The highest BCUT2D eigenvalue weighted by molar-refractivity contribution is 9.10. The fourth-order valence-corrected chi connectivity index (χ4v) is 3.43. The van der Waals surface area contributed by atoms with E-state index in [9.17, 15) is 4.79 Å². The Labute approximate surface area is 162 Å². The Morgan fingerprint density at radius 2 is 2.28 bits per heavy atom. The van der Waals surface area contributed by atoms with Gasteiger partial charge in [-0.15, -0.1) is 12.4 Å². The lowest BCUT2D eigenvalue weighted by atomic mass is 10.0. The van der Waals surface area contributed by atoms with E-state index < -0.39 is 0 Å². The molecule has 1 fully saturated rings. The van der Waals surface area contributed by atoms with Crippen molar-refractivity contribution in [2.75, 3.05) is 26.7 Å². The number of hydrogen-bond donors (Lipinski definition) is 1. The van der Waals surface area contributed by atoms with Crippen LogP contribution in [0.5, 0.6) is 5.75 Å². The number of ether oxygens (including phenoxy) is 1. The summed E-state index contributed by atoms with van der Waals surface area (Å²) in [6.45, 7) is 2.24. The maximum absolute atomic E-state index is 12.9. The van der Waals surface area contributed by atoms with Crippen molar-refractivity contribution in [3.8, 4) is 5.75 Å². The summed E-state index contributed by atoms with van der Waals surface area (Å²) >= 11 is 3.46. The topological polar surface area (TPSA) is 54.5 Å². The van der Waals surface area contributed by atoms with Crippen LogP contribution in [0, 0.1) is 0 Å². The zero-order valence-corrected chi connectivity index (χ0v) is 16.3. The van der Waals surface area contributed by atoms with E-state index >= 15 is 0 Å². The summed E-state index contributed by atoms with van der Waals surface area (Å²) in [6.07, 6.45) is 3.90. The Kier molecular flexibility index (Phi) is 7.23. The van der Waals surface area contributed by atoms with Crippen molar-refractivity contribution >= 4 is 34.2 Å². The summed E-state index contributed by atoms with van der Waals surface area (Å²) in [7, 11) is 1.63. The van der Waals surface area contributed by atoms with Crippen LogP contribution in [0.2, 0.25) is 0 Å². The van der Waals surface area contributed by atoms with E-state index in [0.717, 1.165) is 34.4 Å². The first-order chi connectivity index (χ1) is 11.7. The molecule has 0 saturated carbocycles. The van der Waals surface area contributed by atoms with Crippen LogP contribution in [-0.2, 0) is 11.2 Å². The molecule has 0 bridgehead atoms. The van der Waals surface area contributed by atoms with E-state index in [1.165, 1.54) is 0 Å². The highest BCUT2D eigenvalue weighted by Gasteiger charge is 2.28. The van der Waals surface area contributed by atoms with Gasteiger partial charge >= 0.3 is 0 Å². The molecule has 1 aromatic heterocycles. The summed E-state index contributed by atoms with van der Waals surface area (Å²) in [5, 5.41) is 3.36. The number of methoxy groups -OCH3 is 1. The average Bonchev–Trinajstić information content (AvgIpc) is 2.62. The summed E-state index contributed by atoms with van der Waals surface area (Å²) in [6, 6.07) is 9.67. The fraction of sp³-hybridized carbons (Fsp3) is 0.333. The second kappa shape index (κ2) is 9.17. The number of amides is 1. The monoisotopic (exact) mass is 425 g/mol. The zero-order chi connectivity index (χ0) is 16.9. The third-order valence-corrected chi connectivity index (χ3v) is 4.71. The van der Waals surface area contributed by atoms with Gasteiger partial charge in [0.25, 0.3) is 0 Å². The number of nitrogens with zero attached hydrogens (tertiary/aromatic N) is 2. The largest absolute Gasteiger partial charge is 0.496 e. The molecule has 25 heavy (non-hydrogen) atoms. The van der Waals surface area contributed by atoms with Crippen LogP contribution in [-0.4, -0.2) is 42.5 Å². The number of hydrogen-bond acceptors (Lipinski definition) is 4. The van der Waals surface area contributed by atoms with Crippen molar-refractivity contribution in [1.82, 2.24) is 15.2 Å². The zero-order valence-electron chi connectivity index (χ0n) is 13.9. The number of rotatable bonds is 4. The second-order valence-corrected chi connectivity index (χ2v) is 6.64. The molecule has 1 amide bonds. The quantitative estimate of drug-likeness (QED) is 0.816. The lowest BCUT2D eigenvalue weighted by Gasteiger charge is -2.36. The molecule has 1 aliphatic rings. The van der Waals surface area contributed by atoms with Crippen molar-refractivity contribution in [2.45, 2.75) is 12.5 Å². The molecule has 1 N–H and O–H groups in total. The van der Waals surface area contributed by atoms with Crippen LogP contribution in [0.15, 0.2) is 47.2 Å². The number of aromatic nitrogens is 1. The molecule has 0 spiro atoms. The molecule has 2 heterocycles. The van der Waals surface area contributed by atoms with Crippen LogP contribution in [0.3, 0.4) is 0 Å². The first-order valence-electron chi connectivity index (χ1n) is 7.91. The molecular weight excluding hydrogens is 406 g/mol. The number of carbonyl (C=O) groups is 1. The van der Waals surface area contributed by atoms with E-state index in [4.69, 9.17) is 4.74 Å². The van der Waals surface area contributed by atoms with Crippen molar-refractivity contribution in [1.29, 1.82) is 0 Å². The molecule has 1 aromatic carbocycles. The van der Waals surface area contributed by atoms with Gasteiger partial charge in [-0.2, -0.15) is 0 Å². The van der Waals surface area contributed by atoms with Crippen LogP contribution in [0.1, 0.15) is 17.2 Å². The summed E-state index contributed by atoms with van der Waals surface area (Å²) < 4.78 is 6.33. The fourth-order valence-electron chi connectivity index (χ4n) is 3.02. The maximum Gasteiger partial charge on any atom is 0.227 e. The van der Waals surface area contributed by atoms with Crippen LogP contribution in [0.25, 0.3) is 0 Å². The predicted octanol–water partition coefficient (Wildman–Crippen LogP) is 2.99. The van der Waals surface area contributed by atoms with Crippen molar-refractivity contribution in [2.24, 2.45) is 0 Å². The Bertz CT molecular complexity index is 715. The van der Waals surface area contributed by atoms with E-state index in [0.29, 0.717) is 13.0 Å². The lowest BCUT2D eigenvalue weighted by molar-refractivity contribution is -0.133. The molecule has 0 aliphatic carbocycles. The van der Waals surface area contributed by atoms with Gasteiger partial charge in [-0.1, -0.05) is 22.0 Å². The van der Waals surface area contributed by atoms with Gasteiger partial charge in [-0.3, -0.25) is 9.78 Å². The number of carbonyl (C=O) groups excluding carboxylic acids is 1. The second-order valence-electron chi connectivity index (χ2n) is 5.73. The summed E-state index contributed by atoms with van der Waals surface area (Å²) in [5.74, 6) is 0.835. The molecule has 7 heteroatoms. The van der Waals surface area contributed by atoms with Gasteiger partial charge in [-0.25, -0.2) is 0 Å². The van der Waals surface area contributed by atoms with Crippen molar-refractivity contribution in [3.05, 3.63) is 58.3 Å². The lowest BCUT2D eigenvalue weighted by Crippen LogP contribution is -2.49. The number of nitrogens with one attached hydrogen (secondary N) is 1. The molecule has 1 saturated heterocycles. The SMILES string of the molecule is COc1ccc(Br)cc1CC(=O)N1CCNCC1c1cccnc1.Cl. The normalized spacial score (nSPS) is 16.9. The first kappa shape index (κ1) is 19.7. The summed E-state index contributed by atoms with van der Waals surface area (Å²) in [4.78, 5) is 19.1. The van der Waals surface area contributed by atoms with E-state index in [1.54, 1.807) is 13.3 Å². The minimum absolute atomic E-state index is 0. The van der Waals surface area contributed by atoms with Crippen LogP contribution >= 0.6 is 28.3 Å². The standard InChI is InChI=1S/C18H20BrN3O2.ClH/c1-24-17-5-4-15(19)9-14(17)10-18(23)22-8-7-21-12-16(22)13-3-2-6-20-11-13;/h2-6,9,11,16,21H,7-8,10,12H2,1H3;1H. The number of piperazine rings is 1. The average molecular weight is 427 g/mol. The Hall–Kier alpha value is -1.63. The minimum Gasteiger partial charge on any atom is -0.496 e. The van der Waals surface area contributed by atoms with E-state index in [-0.39, 0.29) is 24.4 Å². The number of pyridine rings is 1. The summed E-state index contributed by atoms with van der Waals surface area (Å²) in [5.41, 5.74) is 1.94. The van der Waals surface area contributed by atoms with Crippen LogP contribution < -0.4 is 10.1 Å². The minimum atomic E-state index is 0. The van der Waals surface area contributed by atoms with Crippen LogP contribution in [0.4, 0.5) is 0 Å². The number of halogens is 2. The Morgan fingerprint density at radius 1 is 1.44 bits per heavy atom. The molecule has 1 aliphatic heterocycles. The molecule has 5 nitrogen and oxygen atoms in total. The van der Waals surface area contributed by atoms with Crippen molar-refractivity contribution < 1.29 is 9.53 Å². The van der Waals surface area contributed by atoms with Gasteiger partial charge in [0.05, 0.1) is 19.6 Å². The van der Waals surface area contributed by atoms with Gasteiger partial charge in [0, 0.05) is 42.1 Å². The highest BCUT2D eigenvalue weighted by Crippen LogP contribution is 2.26. The molecule has 3 rings (SSSR count). The molecule has 2 aromatic rings. The Balaban J connectivity index is 0.00000225. The molecule has 1 atom stereocenters. The third kappa shape index (κ3) is 4.71. The smallest absolute Gasteiger partial charge is 0.227 e. The van der Waals surface area contributed by atoms with Gasteiger partial charge < -0.3 is 15.0 Å². The molecule has 0 radical (unpaired) electrons. The highest BCUT2D eigenvalue weighted by atomic mass is 79.9. The van der Waals surface area contributed by atoms with Gasteiger partial charge in [0.2, 0.25) is 5.91 Å². The van der Waals surface area contributed by atoms with Gasteiger partial charge in [0.1, 0.15) is 5.75 Å². The number of benzene rings is 1. The van der Waals surface area contributed by atoms with Gasteiger partial charge in [0.15, 0.2) is 0 Å². The molecular formula is C18H21BrClN3O2.